The van der Waals surface area contributed by atoms with Gasteiger partial charge in [0.2, 0.25) is 5.88 Å². The van der Waals surface area contributed by atoms with Gasteiger partial charge < -0.3 is 30.0 Å². The first kappa shape index (κ1) is 33.3. The van der Waals surface area contributed by atoms with Crippen LogP contribution in [0.25, 0.3) is 22.2 Å². The van der Waals surface area contributed by atoms with Gasteiger partial charge in [-0.3, -0.25) is 4.90 Å². The molecule has 264 valence electrons. The highest BCUT2D eigenvalue weighted by atomic mass is 19.4. The number of pyridine rings is 1. The number of carbonyl (C=O) groups excluding carboxylic acids is 1. The summed E-state index contributed by atoms with van der Waals surface area (Å²) in [6, 6.07) is -0.925. The zero-order valence-electron chi connectivity index (χ0n) is 27.8. The van der Waals surface area contributed by atoms with Crippen LogP contribution >= 0.6 is 0 Å². The third kappa shape index (κ3) is 5.24. The van der Waals surface area contributed by atoms with Crippen LogP contribution in [-0.4, -0.2) is 79.1 Å². The van der Waals surface area contributed by atoms with Gasteiger partial charge in [-0.2, -0.15) is 23.1 Å². The number of anilines is 2. The van der Waals surface area contributed by atoms with Crippen molar-refractivity contribution in [2.45, 2.75) is 115 Å². The number of halogens is 5. The number of benzene rings is 1. The molecule has 1 amide bonds. The van der Waals surface area contributed by atoms with Crippen molar-refractivity contribution in [2.24, 2.45) is 0 Å². The SMILES string of the molecule is Cc1c(F)c(N)cc(-c2nc3c4c(nc(O[C@@]5(C)CC[C@H]5O)nc4c2F)N2C[C@H]4CC[C@@H]([C@H]2[C@H](C)O3)N4C(=O)OC(C)(C)C)c1C(F)(F)F. The summed E-state index contributed by atoms with van der Waals surface area (Å²) in [4.78, 5) is 30.4. The predicted octanol–water partition coefficient (Wildman–Crippen LogP) is 5.91. The third-order valence-electron chi connectivity index (χ3n) is 10.1. The summed E-state index contributed by atoms with van der Waals surface area (Å²) < 4.78 is 93.1. The molecule has 1 aliphatic carbocycles. The van der Waals surface area contributed by atoms with Gasteiger partial charge in [-0.25, -0.2) is 18.6 Å². The topological polar surface area (TPSA) is 136 Å². The molecule has 0 radical (unpaired) electrons. The lowest BCUT2D eigenvalue weighted by molar-refractivity contribution is -0.137. The number of aromatic nitrogens is 3. The van der Waals surface area contributed by atoms with Crippen molar-refractivity contribution in [3.05, 3.63) is 28.8 Å². The molecule has 3 aromatic rings. The number of hydrogen-bond donors (Lipinski definition) is 2. The zero-order chi connectivity index (χ0) is 35.5. The molecule has 1 aromatic carbocycles. The van der Waals surface area contributed by atoms with Crippen LogP contribution in [0.4, 0.5) is 38.3 Å². The van der Waals surface area contributed by atoms with E-state index >= 15 is 4.39 Å². The van der Waals surface area contributed by atoms with E-state index in [0.29, 0.717) is 31.7 Å². The summed E-state index contributed by atoms with van der Waals surface area (Å²) >= 11 is 0. The molecule has 4 aliphatic rings. The number of amides is 1. The first-order chi connectivity index (χ1) is 22.8. The fourth-order valence-electron chi connectivity index (χ4n) is 7.62. The van der Waals surface area contributed by atoms with E-state index in [-0.39, 0.29) is 35.7 Å². The normalized spacial score (nSPS) is 27.7. The first-order valence-electron chi connectivity index (χ1n) is 16.2. The van der Waals surface area contributed by atoms with Gasteiger partial charge in [-0.1, -0.05) is 0 Å². The second-order valence-electron chi connectivity index (χ2n) is 14.6. The van der Waals surface area contributed by atoms with Crippen LogP contribution in [0.2, 0.25) is 0 Å². The summed E-state index contributed by atoms with van der Waals surface area (Å²) in [5.74, 6) is -2.63. The maximum atomic E-state index is 16.8. The number of rotatable bonds is 3. The maximum absolute atomic E-state index is 16.8. The Morgan fingerprint density at radius 2 is 1.84 bits per heavy atom. The van der Waals surface area contributed by atoms with Gasteiger partial charge in [0.1, 0.15) is 45.5 Å². The van der Waals surface area contributed by atoms with Gasteiger partial charge in [0, 0.05) is 12.1 Å². The van der Waals surface area contributed by atoms with E-state index in [2.05, 4.69) is 15.0 Å². The Labute approximate surface area is 278 Å². The second-order valence-corrected chi connectivity index (χ2v) is 14.6. The molecule has 3 N–H and O–H groups in total. The van der Waals surface area contributed by atoms with Crippen LogP contribution in [0, 0.1) is 18.6 Å². The van der Waals surface area contributed by atoms with E-state index in [1.165, 1.54) is 0 Å². The molecule has 3 fully saturated rings. The molecule has 1 saturated carbocycles. The number of fused-ring (bicyclic) bond motifs is 5. The van der Waals surface area contributed by atoms with Crippen molar-refractivity contribution in [1.82, 2.24) is 19.9 Å². The molecule has 6 atom stereocenters. The molecule has 5 heterocycles. The van der Waals surface area contributed by atoms with Gasteiger partial charge in [0.15, 0.2) is 5.82 Å². The van der Waals surface area contributed by atoms with Crippen molar-refractivity contribution in [3.8, 4) is 23.1 Å². The molecule has 2 aromatic heterocycles. The summed E-state index contributed by atoms with van der Waals surface area (Å²) in [5.41, 5.74) is -1.02. The van der Waals surface area contributed by atoms with Crippen molar-refractivity contribution >= 4 is 28.5 Å². The highest BCUT2D eigenvalue weighted by Crippen LogP contribution is 2.49. The lowest BCUT2D eigenvalue weighted by Gasteiger charge is -2.48. The summed E-state index contributed by atoms with van der Waals surface area (Å²) in [6.45, 7) is 9.85. The number of ether oxygens (including phenoxy) is 3. The molecule has 0 unspecified atom stereocenters. The van der Waals surface area contributed by atoms with Gasteiger partial charge in [-0.05, 0) is 78.9 Å². The maximum Gasteiger partial charge on any atom is 0.417 e. The second kappa shape index (κ2) is 10.9. The fourth-order valence-corrected chi connectivity index (χ4v) is 7.62. The number of aliphatic hydroxyl groups excluding tert-OH is 1. The minimum atomic E-state index is -5.11. The van der Waals surface area contributed by atoms with Crippen LogP contribution in [0.5, 0.6) is 11.9 Å². The number of nitrogens with zero attached hydrogens (tertiary/aromatic N) is 5. The highest BCUT2D eigenvalue weighted by Gasteiger charge is 2.54. The summed E-state index contributed by atoms with van der Waals surface area (Å²) in [7, 11) is 0. The Kier molecular flexibility index (Phi) is 7.40. The molecule has 2 saturated heterocycles. The average Bonchev–Trinajstić information content (AvgIpc) is 3.25. The van der Waals surface area contributed by atoms with Crippen molar-refractivity contribution in [1.29, 1.82) is 0 Å². The monoisotopic (exact) mass is 692 g/mol. The molecule has 0 spiro atoms. The molecular weight excluding hydrogens is 655 g/mol. The Balaban J connectivity index is 1.45. The molecule has 49 heavy (non-hydrogen) atoms. The molecule has 2 bridgehead atoms. The van der Waals surface area contributed by atoms with Crippen molar-refractivity contribution in [2.75, 3.05) is 17.2 Å². The molecular formula is C33H37F5N6O5. The number of aliphatic hydroxyl groups is 1. The highest BCUT2D eigenvalue weighted by molar-refractivity contribution is 5.98. The van der Waals surface area contributed by atoms with Gasteiger partial charge in [0.25, 0.3) is 0 Å². The lowest BCUT2D eigenvalue weighted by atomic mass is 9.78. The predicted molar refractivity (Wildman–Crippen MR) is 167 cm³/mol. The Hall–Kier alpha value is -4.21. The largest absolute Gasteiger partial charge is 0.472 e. The lowest BCUT2D eigenvalue weighted by Crippen LogP contribution is -2.65. The van der Waals surface area contributed by atoms with E-state index in [1.807, 2.05) is 4.90 Å². The molecule has 16 heteroatoms. The average molecular weight is 693 g/mol. The third-order valence-corrected chi connectivity index (χ3v) is 10.1. The van der Waals surface area contributed by atoms with Crippen molar-refractivity contribution < 1.29 is 46.1 Å². The van der Waals surface area contributed by atoms with Gasteiger partial charge >= 0.3 is 18.3 Å². The number of nitrogens with two attached hydrogens (primary N) is 1. The smallest absolute Gasteiger partial charge is 0.417 e. The Bertz CT molecular complexity index is 1890. The van der Waals surface area contributed by atoms with Crippen LogP contribution in [0.15, 0.2) is 6.07 Å². The van der Waals surface area contributed by atoms with Crippen LogP contribution < -0.4 is 20.1 Å². The summed E-state index contributed by atoms with van der Waals surface area (Å²) in [6.07, 6.45) is -5.07. The zero-order valence-corrected chi connectivity index (χ0v) is 27.8. The van der Waals surface area contributed by atoms with E-state index in [9.17, 15) is 27.5 Å². The number of alkyl halides is 3. The minimum absolute atomic E-state index is 0.00672. The van der Waals surface area contributed by atoms with Crippen LogP contribution in [-0.2, 0) is 10.9 Å². The first-order valence-corrected chi connectivity index (χ1v) is 16.2. The summed E-state index contributed by atoms with van der Waals surface area (Å²) in [5, 5.41) is 10.5. The number of carbonyl (C=O) groups is 1. The molecule has 3 aliphatic heterocycles. The van der Waals surface area contributed by atoms with Crippen LogP contribution in [0.3, 0.4) is 0 Å². The van der Waals surface area contributed by atoms with Crippen molar-refractivity contribution in [3.63, 3.8) is 0 Å². The fraction of sp³-hybridized carbons (Fsp3) is 0.576. The van der Waals surface area contributed by atoms with E-state index in [4.69, 9.17) is 19.9 Å². The minimum Gasteiger partial charge on any atom is -0.472 e. The van der Waals surface area contributed by atoms with Crippen LogP contribution in [0.1, 0.15) is 71.4 Å². The van der Waals surface area contributed by atoms with E-state index < -0.39 is 93.0 Å². The Morgan fingerprint density at radius 1 is 1.12 bits per heavy atom. The quantitative estimate of drug-likeness (QED) is 0.252. The Morgan fingerprint density at radius 3 is 2.45 bits per heavy atom. The molecule has 7 rings (SSSR count). The van der Waals surface area contributed by atoms with E-state index in [1.54, 1.807) is 39.5 Å². The number of nitrogen functional groups attached to an aromatic ring is 1. The van der Waals surface area contributed by atoms with Gasteiger partial charge in [0.05, 0.1) is 35.5 Å². The number of hydrogen-bond acceptors (Lipinski definition) is 10. The van der Waals surface area contributed by atoms with Gasteiger partial charge in [-0.15, -0.1) is 0 Å². The number of piperazine rings is 1. The molecule has 11 nitrogen and oxygen atoms in total. The van der Waals surface area contributed by atoms with E-state index in [0.717, 1.165) is 6.92 Å². The standard InChI is InChI=1S/C33H37F5N6O5/c1-13-21(33(36,37)38)16(11-17(39)22(13)34)24-23(35)25-20-27(42-29(41-25)48-32(6)10-9-19(32)45)43-12-15-7-8-18(26(43)14(2)47-28(20)40-24)44(15)30(46)49-31(3,4)5/h11,14-15,18-19,26,45H,7-10,12,39H2,1-6H3/t14-,15+,18-,19+,26+,32-/m0/s1.